The quantitative estimate of drug-likeness (QED) is 0.141. The van der Waals surface area contributed by atoms with Gasteiger partial charge in [0.1, 0.15) is 17.8 Å². The first kappa shape index (κ1) is 43.0. The van der Waals surface area contributed by atoms with Gasteiger partial charge in [0.05, 0.1) is 29.9 Å². The van der Waals surface area contributed by atoms with Crippen LogP contribution in [0, 0.1) is 23.2 Å². The molecular formula is C44H56N8O7. The summed E-state index contributed by atoms with van der Waals surface area (Å²) in [7, 11) is 0. The van der Waals surface area contributed by atoms with Crippen LogP contribution in [-0.2, 0) is 24.0 Å². The van der Waals surface area contributed by atoms with Crippen molar-refractivity contribution >= 4 is 35.2 Å². The van der Waals surface area contributed by atoms with E-state index in [9.17, 15) is 28.8 Å². The Morgan fingerprint density at radius 3 is 2.19 bits per heavy atom. The normalized spacial score (nSPS) is 21.0. The molecule has 15 heteroatoms. The topological polar surface area (TPSA) is 211 Å². The lowest BCUT2D eigenvalue weighted by molar-refractivity contribution is -0.141. The van der Waals surface area contributed by atoms with Crippen LogP contribution in [0.15, 0.2) is 61.1 Å². The molecule has 3 aliphatic rings. The van der Waals surface area contributed by atoms with E-state index in [0.29, 0.717) is 12.1 Å². The third kappa shape index (κ3) is 11.3. The van der Waals surface area contributed by atoms with Gasteiger partial charge in [-0.3, -0.25) is 33.8 Å². The minimum atomic E-state index is -1.08. The van der Waals surface area contributed by atoms with Crippen LogP contribution in [0.4, 0.5) is 0 Å². The van der Waals surface area contributed by atoms with Crippen LogP contribution in [-0.4, -0.2) is 85.6 Å². The molecule has 0 aliphatic heterocycles. The van der Waals surface area contributed by atoms with E-state index in [0.717, 1.165) is 50.5 Å². The highest BCUT2D eigenvalue weighted by Gasteiger charge is 2.49. The molecule has 6 rings (SSSR count). The van der Waals surface area contributed by atoms with Gasteiger partial charge >= 0.3 is 0 Å². The number of nitrogens with one attached hydrogen (secondary N) is 4. The molecule has 3 aromatic rings. The van der Waals surface area contributed by atoms with Crippen LogP contribution >= 0.6 is 0 Å². The second-order valence-electron chi connectivity index (χ2n) is 17.2. The molecule has 3 saturated carbocycles. The van der Waals surface area contributed by atoms with Crippen molar-refractivity contribution in [1.82, 2.24) is 41.4 Å². The number of ether oxygens (including phenoxy) is 1. The number of hydrogen-bond donors (Lipinski definition) is 4. The lowest BCUT2D eigenvalue weighted by atomic mass is 9.76. The molecule has 59 heavy (non-hydrogen) atoms. The van der Waals surface area contributed by atoms with Crippen LogP contribution < -0.4 is 26.0 Å². The highest BCUT2D eigenvalue weighted by atomic mass is 16.5. The molecule has 4 amide bonds. The summed E-state index contributed by atoms with van der Waals surface area (Å²) in [5.41, 5.74) is 0.778. The maximum Gasteiger partial charge on any atom is 0.289 e. The van der Waals surface area contributed by atoms with E-state index >= 15 is 0 Å². The molecule has 0 bridgehead atoms. The predicted molar refractivity (Wildman–Crippen MR) is 217 cm³/mol. The lowest BCUT2D eigenvalue weighted by Gasteiger charge is -2.36. The van der Waals surface area contributed by atoms with E-state index in [1.165, 1.54) is 18.6 Å². The Morgan fingerprint density at radius 2 is 1.56 bits per heavy atom. The molecule has 3 fully saturated rings. The molecule has 6 atom stereocenters. The number of rotatable bonds is 17. The number of Topliss-reactive ketones (excluding diaryl/α,β-unsaturated/α-hetero) is 2. The first-order valence-corrected chi connectivity index (χ1v) is 20.9. The van der Waals surface area contributed by atoms with Crippen LogP contribution in [0.1, 0.15) is 109 Å². The van der Waals surface area contributed by atoms with E-state index in [2.05, 4.69) is 41.4 Å². The summed E-state index contributed by atoms with van der Waals surface area (Å²) < 4.78 is 6.28. The highest BCUT2D eigenvalue weighted by Crippen LogP contribution is 2.39. The van der Waals surface area contributed by atoms with Crippen LogP contribution in [0.25, 0.3) is 11.3 Å². The van der Waals surface area contributed by atoms with Crippen molar-refractivity contribution in [3.63, 3.8) is 0 Å². The molecule has 4 N–H and O–H groups in total. The zero-order valence-corrected chi connectivity index (χ0v) is 34.3. The maximum absolute atomic E-state index is 15.0. The molecule has 0 radical (unpaired) electrons. The van der Waals surface area contributed by atoms with Crippen molar-refractivity contribution in [1.29, 1.82) is 0 Å². The molecule has 3 aliphatic carbocycles. The molecule has 2 aromatic heterocycles. The molecule has 1 aromatic carbocycles. The minimum Gasteiger partial charge on any atom is -0.473 e. The SMILES string of the molecule is CCCC(NC(=O)[C@H]1C[C@H](Oc2ccc(-c3ccccc3)nn2)CC1C(=O)C(NC(=O)C(NC(=O)c1cnccn1)C1CCCCC1)C(C)(C)C)C(=O)C(=O)NC1CC1. The minimum absolute atomic E-state index is 0.0355. The number of ketones is 2. The molecule has 15 nitrogen and oxygen atoms in total. The Labute approximate surface area is 345 Å². The molecule has 314 valence electrons. The summed E-state index contributed by atoms with van der Waals surface area (Å²) in [6.07, 6.45) is 10.4. The Bertz CT molecular complexity index is 1950. The molecule has 0 saturated heterocycles. The van der Waals surface area contributed by atoms with Crippen LogP contribution in [0.3, 0.4) is 0 Å². The molecular weight excluding hydrogens is 753 g/mol. The summed E-state index contributed by atoms with van der Waals surface area (Å²) in [6.45, 7) is 7.35. The third-order valence-corrected chi connectivity index (χ3v) is 11.5. The number of nitrogens with zero attached hydrogens (tertiary/aromatic N) is 4. The van der Waals surface area contributed by atoms with Gasteiger partial charge in [-0.2, -0.15) is 0 Å². The van der Waals surface area contributed by atoms with Crippen molar-refractivity contribution in [3.05, 3.63) is 66.7 Å². The van der Waals surface area contributed by atoms with Gasteiger partial charge < -0.3 is 26.0 Å². The van der Waals surface area contributed by atoms with Gasteiger partial charge in [0.2, 0.25) is 23.5 Å². The fourth-order valence-electron chi connectivity index (χ4n) is 8.14. The summed E-state index contributed by atoms with van der Waals surface area (Å²) >= 11 is 0. The van der Waals surface area contributed by atoms with E-state index in [4.69, 9.17) is 4.74 Å². The van der Waals surface area contributed by atoms with E-state index in [1.54, 1.807) is 12.1 Å². The van der Waals surface area contributed by atoms with Crippen molar-refractivity contribution in [3.8, 4) is 17.1 Å². The van der Waals surface area contributed by atoms with Gasteiger partial charge in [-0.05, 0) is 62.3 Å². The van der Waals surface area contributed by atoms with Gasteiger partial charge in [0.25, 0.3) is 11.8 Å². The molecule has 2 heterocycles. The lowest BCUT2D eigenvalue weighted by Crippen LogP contribution is -2.59. The van der Waals surface area contributed by atoms with Crippen molar-refractivity contribution in [2.75, 3.05) is 0 Å². The number of benzene rings is 1. The summed E-state index contributed by atoms with van der Waals surface area (Å²) in [5.74, 6) is -5.30. The second-order valence-corrected chi connectivity index (χ2v) is 17.2. The Kier molecular flexibility index (Phi) is 14.2. The number of carbonyl (C=O) groups is 6. The Hall–Kier alpha value is -5.60. The fourth-order valence-corrected chi connectivity index (χ4v) is 8.14. The highest BCUT2D eigenvalue weighted by molar-refractivity contribution is 6.38. The first-order chi connectivity index (χ1) is 28.3. The second kappa shape index (κ2) is 19.4. The van der Waals surface area contributed by atoms with Gasteiger partial charge in [-0.1, -0.05) is 83.7 Å². The monoisotopic (exact) mass is 808 g/mol. The van der Waals surface area contributed by atoms with Gasteiger partial charge in [-0.25, -0.2) is 4.98 Å². The van der Waals surface area contributed by atoms with Crippen molar-refractivity contribution in [2.24, 2.45) is 23.2 Å². The first-order valence-electron chi connectivity index (χ1n) is 20.9. The molecule has 4 unspecified atom stereocenters. The average Bonchev–Trinajstić information content (AvgIpc) is 3.96. The maximum atomic E-state index is 15.0. The van der Waals surface area contributed by atoms with E-state index in [-0.39, 0.29) is 48.6 Å². The van der Waals surface area contributed by atoms with Crippen molar-refractivity contribution < 1.29 is 33.5 Å². The van der Waals surface area contributed by atoms with Gasteiger partial charge in [0, 0.05) is 36.0 Å². The van der Waals surface area contributed by atoms with E-state index in [1.807, 2.05) is 58.0 Å². The fraction of sp³-hybridized carbons (Fsp3) is 0.545. The number of amides is 4. The smallest absolute Gasteiger partial charge is 0.289 e. The zero-order chi connectivity index (χ0) is 42.1. The average molecular weight is 809 g/mol. The predicted octanol–water partition coefficient (Wildman–Crippen LogP) is 4.32. The zero-order valence-electron chi connectivity index (χ0n) is 34.3. The van der Waals surface area contributed by atoms with Crippen molar-refractivity contribution in [2.45, 2.75) is 129 Å². The van der Waals surface area contributed by atoms with Gasteiger partial charge in [0.15, 0.2) is 5.78 Å². The van der Waals surface area contributed by atoms with Gasteiger partial charge in [-0.15, -0.1) is 10.2 Å². The Morgan fingerprint density at radius 1 is 0.831 bits per heavy atom. The number of hydrogen-bond acceptors (Lipinski definition) is 11. The Balaban J connectivity index is 1.25. The van der Waals surface area contributed by atoms with E-state index < -0.39 is 70.9 Å². The summed E-state index contributed by atoms with van der Waals surface area (Å²) in [5, 5.41) is 20.0. The summed E-state index contributed by atoms with van der Waals surface area (Å²) in [4.78, 5) is 91.1. The molecule has 0 spiro atoms. The third-order valence-electron chi connectivity index (χ3n) is 11.5. The number of carbonyl (C=O) groups excluding carboxylic acids is 6. The number of aromatic nitrogens is 4. The summed E-state index contributed by atoms with van der Waals surface area (Å²) in [6, 6.07) is 9.89. The largest absolute Gasteiger partial charge is 0.473 e. The standard InChI is InChI=1S/C44H56N8O7/c1-5-12-33(38(54)43(58)47-28-17-18-28)48-40(55)31-24-29(59-35-20-19-32(51-52-35)26-13-8-6-9-14-26)23-30(31)37(53)39(44(2,3)4)50-42(57)36(27-15-10-7-11-16-27)49-41(56)34-25-45-21-22-46-34/h6,8-9,13-14,19-22,25,27-31,33,36,39H,5,7,10-12,15-18,23-24H2,1-4H3,(H,47,58)(H,48,55)(H,49,56)(H,50,57)/t29-,30?,31+,33?,36?,39?/m1/s1. The van der Waals surface area contributed by atoms with Crippen LogP contribution in [0.2, 0.25) is 0 Å². The van der Waals surface area contributed by atoms with Crippen LogP contribution in [0.5, 0.6) is 5.88 Å².